The Morgan fingerprint density at radius 3 is 2.59 bits per heavy atom. The van der Waals surface area contributed by atoms with E-state index in [1.165, 1.54) is 16.9 Å². The first kappa shape index (κ1) is 21.0. The van der Waals surface area contributed by atoms with Crippen molar-refractivity contribution < 1.29 is 9.21 Å². The second-order valence-electron chi connectivity index (χ2n) is 7.72. The van der Waals surface area contributed by atoms with Crippen molar-refractivity contribution in [1.29, 1.82) is 0 Å². The van der Waals surface area contributed by atoms with Crippen molar-refractivity contribution >= 4 is 49.3 Å². The molecule has 0 aliphatic carbocycles. The highest BCUT2D eigenvalue weighted by Gasteiger charge is 2.45. The van der Waals surface area contributed by atoms with E-state index in [1.807, 2.05) is 24.3 Å². The maximum atomic E-state index is 13.6. The normalized spacial score (nSPS) is 15.5. The van der Waals surface area contributed by atoms with Crippen molar-refractivity contribution in [3.05, 3.63) is 84.6 Å². The molecular weight excluding hydrogens is 490 g/mol. The highest BCUT2D eigenvalue weighted by molar-refractivity contribution is 9.10. The smallest absolute Gasteiger partial charge is 0.297 e. The molecule has 0 radical (unpaired) electrons. The van der Waals surface area contributed by atoms with Gasteiger partial charge in [-0.3, -0.25) is 14.5 Å². The highest BCUT2D eigenvalue weighted by Crippen LogP contribution is 2.42. The van der Waals surface area contributed by atoms with E-state index in [2.05, 4.69) is 40.0 Å². The van der Waals surface area contributed by atoms with Crippen molar-refractivity contribution in [3.8, 4) is 0 Å². The Labute approximate surface area is 197 Å². The lowest BCUT2D eigenvalue weighted by Gasteiger charge is -2.22. The van der Waals surface area contributed by atoms with E-state index in [4.69, 9.17) is 4.42 Å². The summed E-state index contributed by atoms with van der Waals surface area (Å²) in [7, 11) is 0. The number of anilines is 1. The van der Waals surface area contributed by atoms with Crippen LogP contribution in [0.15, 0.2) is 56.1 Å². The number of aryl methyl sites for hydroxylation is 2. The Kier molecular flexibility index (Phi) is 5.43. The summed E-state index contributed by atoms with van der Waals surface area (Å²) in [5, 5.41) is 10.3. The van der Waals surface area contributed by atoms with Crippen LogP contribution in [0.3, 0.4) is 0 Å². The molecule has 2 aromatic carbocycles. The Hall–Kier alpha value is -2.84. The third kappa shape index (κ3) is 3.38. The Balaban J connectivity index is 1.75. The summed E-state index contributed by atoms with van der Waals surface area (Å²) in [5.41, 5.74) is 2.54. The summed E-state index contributed by atoms with van der Waals surface area (Å²) < 4.78 is 6.77. The monoisotopic (exact) mass is 509 g/mol. The van der Waals surface area contributed by atoms with Gasteiger partial charge in [0.25, 0.3) is 5.91 Å². The van der Waals surface area contributed by atoms with Crippen molar-refractivity contribution in [1.82, 2.24) is 10.2 Å². The molecule has 0 saturated carbocycles. The molecule has 2 aromatic heterocycles. The van der Waals surface area contributed by atoms with E-state index < -0.39 is 6.04 Å². The molecule has 1 atom stereocenters. The van der Waals surface area contributed by atoms with Gasteiger partial charge in [-0.15, -0.1) is 10.2 Å². The van der Waals surface area contributed by atoms with E-state index in [0.717, 1.165) is 34.3 Å². The summed E-state index contributed by atoms with van der Waals surface area (Å²) in [5.74, 6) is -0.299. The standard InChI is InChI=1S/C24H20BrN3O3S/c1-3-5-18-26-27-24(32-18)28-20(14-8-6-13(4-2)7-9-14)19-21(29)16-12-15(25)10-11-17(16)31-22(19)23(28)30/h6-12,20H,3-5H2,1-2H3. The largest absolute Gasteiger partial charge is 0.450 e. The predicted molar refractivity (Wildman–Crippen MR) is 129 cm³/mol. The number of hydrogen-bond acceptors (Lipinski definition) is 6. The van der Waals surface area contributed by atoms with Crippen LogP contribution in [0.4, 0.5) is 5.13 Å². The van der Waals surface area contributed by atoms with Gasteiger partial charge in [0.1, 0.15) is 10.6 Å². The fraction of sp³-hybridized carbons (Fsp3) is 0.250. The lowest BCUT2D eigenvalue weighted by atomic mass is 9.97. The fourth-order valence-electron chi connectivity index (χ4n) is 4.05. The number of aromatic nitrogens is 2. The van der Waals surface area contributed by atoms with Gasteiger partial charge in [0.2, 0.25) is 10.9 Å². The Morgan fingerprint density at radius 2 is 1.88 bits per heavy atom. The molecule has 162 valence electrons. The molecule has 0 saturated heterocycles. The van der Waals surface area contributed by atoms with Gasteiger partial charge in [-0.1, -0.05) is 65.4 Å². The number of rotatable bonds is 5. The average Bonchev–Trinajstić information content (AvgIpc) is 3.37. The summed E-state index contributed by atoms with van der Waals surface area (Å²) >= 11 is 4.81. The van der Waals surface area contributed by atoms with Crippen LogP contribution in [0, 0.1) is 0 Å². The molecule has 1 unspecified atom stereocenters. The molecule has 1 aliphatic rings. The Morgan fingerprint density at radius 1 is 1.09 bits per heavy atom. The molecule has 32 heavy (non-hydrogen) atoms. The minimum Gasteiger partial charge on any atom is -0.450 e. The molecule has 1 amide bonds. The van der Waals surface area contributed by atoms with Crippen LogP contribution in [-0.4, -0.2) is 16.1 Å². The Bertz CT molecular complexity index is 1390. The van der Waals surface area contributed by atoms with Gasteiger partial charge in [-0.2, -0.15) is 0 Å². The van der Waals surface area contributed by atoms with Gasteiger partial charge < -0.3 is 4.42 Å². The number of nitrogens with zero attached hydrogens (tertiary/aromatic N) is 3. The van der Waals surface area contributed by atoms with Crippen LogP contribution in [0.2, 0.25) is 0 Å². The first-order chi connectivity index (χ1) is 15.5. The van der Waals surface area contributed by atoms with Crippen molar-refractivity contribution in [3.63, 3.8) is 0 Å². The molecule has 5 rings (SSSR count). The molecule has 0 N–H and O–H groups in total. The first-order valence-corrected chi connectivity index (χ1v) is 12.1. The summed E-state index contributed by atoms with van der Waals surface area (Å²) in [6.45, 7) is 4.16. The number of carbonyl (C=O) groups is 1. The minimum absolute atomic E-state index is 0.0710. The van der Waals surface area contributed by atoms with Gasteiger partial charge >= 0.3 is 0 Å². The van der Waals surface area contributed by atoms with Gasteiger partial charge in [0.15, 0.2) is 5.43 Å². The number of amides is 1. The van der Waals surface area contributed by atoms with Gasteiger partial charge in [0.05, 0.1) is 17.0 Å². The highest BCUT2D eigenvalue weighted by atomic mass is 79.9. The number of fused-ring (bicyclic) bond motifs is 2. The van der Waals surface area contributed by atoms with Crippen molar-refractivity contribution in [2.45, 2.75) is 39.2 Å². The number of carbonyl (C=O) groups excluding carboxylic acids is 1. The van der Waals surface area contributed by atoms with Crippen LogP contribution in [0.25, 0.3) is 11.0 Å². The zero-order chi connectivity index (χ0) is 22.4. The van der Waals surface area contributed by atoms with Crippen molar-refractivity contribution in [2.75, 3.05) is 4.90 Å². The second-order valence-corrected chi connectivity index (χ2v) is 9.67. The SMILES string of the molecule is CCCc1nnc(N2C(=O)c3oc4ccc(Br)cc4c(=O)c3C2c2ccc(CC)cc2)s1. The third-order valence-corrected chi connectivity index (χ3v) is 7.14. The maximum Gasteiger partial charge on any atom is 0.297 e. The van der Waals surface area contributed by atoms with Crippen LogP contribution in [0.5, 0.6) is 0 Å². The van der Waals surface area contributed by atoms with E-state index in [-0.39, 0.29) is 17.1 Å². The van der Waals surface area contributed by atoms with Crippen LogP contribution >= 0.6 is 27.3 Å². The van der Waals surface area contributed by atoms with Crippen LogP contribution in [-0.2, 0) is 12.8 Å². The van der Waals surface area contributed by atoms with E-state index in [9.17, 15) is 9.59 Å². The van der Waals surface area contributed by atoms with Gasteiger partial charge in [-0.05, 0) is 42.2 Å². The quantitative estimate of drug-likeness (QED) is 0.346. The minimum atomic E-state index is -0.620. The first-order valence-electron chi connectivity index (χ1n) is 10.5. The molecule has 1 aliphatic heterocycles. The molecule has 6 nitrogen and oxygen atoms in total. The van der Waals surface area contributed by atoms with Gasteiger partial charge in [-0.25, -0.2) is 0 Å². The number of hydrogen-bond donors (Lipinski definition) is 0. The molecule has 0 fully saturated rings. The average molecular weight is 510 g/mol. The third-order valence-electron chi connectivity index (χ3n) is 5.66. The number of benzene rings is 2. The zero-order valence-electron chi connectivity index (χ0n) is 17.6. The predicted octanol–water partition coefficient (Wildman–Crippen LogP) is 5.67. The van der Waals surface area contributed by atoms with E-state index in [0.29, 0.717) is 21.7 Å². The summed E-state index contributed by atoms with van der Waals surface area (Å²) in [4.78, 5) is 28.7. The fourth-order valence-corrected chi connectivity index (χ4v) is 5.38. The molecule has 8 heteroatoms. The number of halogens is 1. The van der Waals surface area contributed by atoms with E-state index in [1.54, 1.807) is 23.1 Å². The van der Waals surface area contributed by atoms with Gasteiger partial charge in [0, 0.05) is 10.9 Å². The van der Waals surface area contributed by atoms with Crippen molar-refractivity contribution in [2.24, 2.45) is 0 Å². The summed E-state index contributed by atoms with van der Waals surface area (Å²) in [6.07, 6.45) is 2.63. The molecule has 4 aromatic rings. The topological polar surface area (TPSA) is 76.3 Å². The summed E-state index contributed by atoms with van der Waals surface area (Å²) in [6, 6.07) is 12.6. The maximum absolute atomic E-state index is 13.6. The molecule has 0 bridgehead atoms. The van der Waals surface area contributed by atoms with E-state index >= 15 is 0 Å². The molecule has 3 heterocycles. The van der Waals surface area contributed by atoms with Crippen LogP contribution < -0.4 is 10.3 Å². The zero-order valence-corrected chi connectivity index (χ0v) is 20.0. The lowest BCUT2D eigenvalue weighted by molar-refractivity contribution is 0.0970. The molecular formula is C24H20BrN3O3S. The molecule has 0 spiro atoms. The second kappa shape index (κ2) is 8.26. The lowest BCUT2D eigenvalue weighted by Crippen LogP contribution is -2.29. The van der Waals surface area contributed by atoms with Crippen LogP contribution in [0.1, 0.15) is 58.6 Å².